The van der Waals surface area contributed by atoms with Gasteiger partial charge in [-0.15, -0.1) is 15.3 Å². The van der Waals surface area contributed by atoms with Crippen LogP contribution in [0.5, 0.6) is 0 Å². The Labute approximate surface area is 175 Å². The molecule has 1 aliphatic rings. The first-order valence-electron chi connectivity index (χ1n) is 10.4. The van der Waals surface area contributed by atoms with Gasteiger partial charge in [0.25, 0.3) is 0 Å². The van der Waals surface area contributed by atoms with Gasteiger partial charge in [-0.3, -0.25) is 4.79 Å². The molecule has 5 rings (SSSR count). The van der Waals surface area contributed by atoms with E-state index in [4.69, 9.17) is 5.10 Å². The van der Waals surface area contributed by atoms with Gasteiger partial charge >= 0.3 is 0 Å². The van der Waals surface area contributed by atoms with E-state index in [0.29, 0.717) is 0 Å². The summed E-state index contributed by atoms with van der Waals surface area (Å²) < 4.78 is 1.82. The van der Waals surface area contributed by atoms with Crippen molar-refractivity contribution in [2.75, 3.05) is 16.8 Å². The lowest BCUT2D eigenvalue weighted by atomic mass is 9.98. The van der Waals surface area contributed by atoms with E-state index in [1.165, 1.54) is 18.1 Å². The minimum atomic E-state index is -0.0613. The van der Waals surface area contributed by atoms with Crippen LogP contribution in [0.3, 0.4) is 0 Å². The van der Waals surface area contributed by atoms with Gasteiger partial charge < -0.3 is 10.2 Å². The van der Waals surface area contributed by atoms with Crippen LogP contribution in [0, 0.1) is 6.92 Å². The second kappa shape index (κ2) is 8.10. The van der Waals surface area contributed by atoms with Crippen LogP contribution in [0.2, 0.25) is 0 Å². The van der Waals surface area contributed by atoms with E-state index in [2.05, 4.69) is 44.7 Å². The number of aryl methyl sites for hydroxylation is 1. The fourth-order valence-electron chi connectivity index (χ4n) is 3.92. The maximum Gasteiger partial charge on any atom is 0.221 e. The highest BCUT2D eigenvalue weighted by molar-refractivity contribution is 6.00. The normalized spacial score (nSPS) is 13.0. The molecule has 0 unspecified atom stereocenters. The first kappa shape index (κ1) is 19.8. The van der Waals surface area contributed by atoms with Crippen LogP contribution in [0.4, 0.5) is 11.5 Å². The van der Waals surface area contributed by atoms with Crippen LogP contribution >= 0.6 is 0 Å². The molecule has 0 radical (unpaired) electrons. The zero-order valence-electron chi connectivity index (χ0n) is 17.8. The Balaban J connectivity index is 0.00000106. The van der Waals surface area contributed by atoms with Gasteiger partial charge in [0.15, 0.2) is 17.3 Å². The van der Waals surface area contributed by atoms with Crippen LogP contribution in [-0.2, 0) is 17.8 Å². The fraction of sp³-hybridized carbons (Fsp3) is 0.304. The molecule has 0 spiro atoms. The van der Waals surface area contributed by atoms with Crippen LogP contribution in [0.25, 0.3) is 16.4 Å². The number of benzene rings is 2. The zero-order chi connectivity index (χ0) is 21.3. The number of fused-ring (bicyclic) bond motifs is 4. The number of amides is 1. The molecule has 4 aromatic rings. The van der Waals surface area contributed by atoms with Gasteiger partial charge in [0.2, 0.25) is 5.91 Å². The van der Waals surface area contributed by atoms with E-state index in [1.807, 2.05) is 43.5 Å². The van der Waals surface area contributed by atoms with Crippen molar-refractivity contribution in [3.8, 4) is 0 Å². The van der Waals surface area contributed by atoms with E-state index < -0.39 is 0 Å². The van der Waals surface area contributed by atoms with Crippen LogP contribution in [0.1, 0.15) is 37.7 Å². The largest absolute Gasteiger partial charge is 0.350 e. The molecule has 1 aliphatic heterocycles. The number of hydrogen-bond donors (Lipinski definition) is 1. The lowest BCUT2D eigenvalue weighted by Crippen LogP contribution is -2.31. The number of carbonyl (C=O) groups excluding carboxylic acids is 1. The number of rotatable bonds is 2. The molecule has 0 bridgehead atoms. The fourth-order valence-corrected chi connectivity index (χ4v) is 3.92. The van der Waals surface area contributed by atoms with Crippen molar-refractivity contribution in [2.24, 2.45) is 0 Å². The number of hydrogen-bond acceptors (Lipinski definition) is 5. The molecule has 154 valence electrons. The highest BCUT2D eigenvalue weighted by Crippen LogP contribution is 2.31. The number of aromatic nitrogens is 4. The highest BCUT2D eigenvalue weighted by Gasteiger charge is 2.22. The summed E-state index contributed by atoms with van der Waals surface area (Å²) in [5.74, 6) is 1.64. The molecular formula is C23H26N6O. The van der Waals surface area contributed by atoms with Gasteiger partial charge in [0, 0.05) is 36.5 Å². The first-order valence-corrected chi connectivity index (χ1v) is 10.4. The highest BCUT2D eigenvalue weighted by atomic mass is 16.1. The monoisotopic (exact) mass is 402 g/mol. The lowest BCUT2D eigenvalue weighted by Gasteiger charge is -2.31. The standard InChI is InChI=1S/C21H20N6O.C2H6/c1-13-23-24-20-18-5-3-4-6-19(18)21(25-27(13)20)26-10-9-15-7-8-17(22-14(2)28)11-16(15)12-26;1-2/h3-8,11H,9-10,12H2,1-2H3,(H,22,28);1-2H3. The predicted molar refractivity (Wildman–Crippen MR) is 120 cm³/mol. The van der Waals surface area contributed by atoms with Crippen molar-refractivity contribution < 1.29 is 4.79 Å². The molecule has 30 heavy (non-hydrogen) atoms. The maximum atomic E-state index is 11.4. The molecule has 0 aliphatic carbocycles. The Morgan fingerprint density at radius 2 is 1.80 bits per heavy atom. The Morgan fingerprint density at radius 1 is 1.03 bits per heavy atom. The van der Waals surface area contributed by atoms with E-state index in [0.717, 1.165) is 53.3 Å². The first-order chi connectivity index (χ1) is 14.6. The minimum Gasteiger partial charge on any atom is -0.350 e. The summed E-state index contributed by atoms with van der Waals surface area (Å²) in [7, 11) is 0. The Morgan fingerprint density at radius 3 is 2.57 bits per heavy atom. The molecule has 7 heteroatoms. The summed E-state index contributed by atoms with van der Waals surface area (Å²) in [5.41, 5.74) is 4.14. The molecule has 7 nitrogen and oxygen atoms in total. The van der Waals surface area contributed by atoms with Crippen molar-refractivity contribution in [3.63, 3.8) is 0 Å². The van der Waals surface area contributed by atoms with Crippen molar-refractivity contribution in [1.29, 1.82) is 0 Å². The third kappa shape index (κ3) is 3.47. The van der Waals surface area contributed by atoms with Crippen molar-refractivity contribution in [3.05, 3.63) is 59.4 Å². The summed E-state index contributed by atoms with van der Waals surface area (Å²) in [4.78, 5) is 13.7. The number of carbonyl (C=O) groups is 1. The molecule has 1 N–H and O–H groups in total. The minimum absolute atomic E-state index is 0.0613. The van der Waals surface area contributed by atoms with Gasteiger partial charge in [-0.1, -0.05) is 44.2 Å². The SMILES string of the molecule is CC.CC(=O)Nc1ccc2c(c1)CN(c1nn3c(C)nnc3c3ccccc13)CC2. The Kier molecular flexibility index (Phi) is 5.35. The van der Waals surface area contributed by atoms with Gasteiger partial charge in [0.1, 0.15) is 0 Å². The molecule has 2 aromatic carbocycles. The Bertz CT molecular complexity index is 1230. The molecular weight excluding hydrogens is 376 g/mol. The molecule has 3 heterocycles. The van der Waals surface area contributed by atoms with Crippen molar-refractivity contribution in [2.45, 2.75) is 40.7 Å². The average Bonchev–Trinajstić information content (AvgIpc) is 3.14. The lowest BCUT2D eigenvalue weighted by molar-refractivity contribution is -0.114. The quantitative estimate of drug-likeness (QED) is 0.546. The second-order valence-electron chi connectivity index (χ2n) is 7.19. The van der Waals surface area contributed by atoms with Crippen LogP contribution in [0.15, 0.2) is 42.5 Å². The second-order valence-corrected chi connectivity index (χ2v) is 7.19. The Hall–Kier alpha value is -3.48. The summed E-state index contributed by atoms with van der Waals surface area (Å²) in [6.07, 6.45) is 0.935. The third-order valence-corrected chi connectivity index (χ3v) is 5.24. The predicted octanol–water partition coefficient (Wildman–Crippen LogP) is 4.13. The summed E-state index contributed by atoms with van der Waals surface area (Å²) in [6, 6.07) is 14.3. The number of anilines is 2. The van der Waals surface area contributed by atoms with E-state index >= 15 is 0 Å². The van der Waals surface area contributed by atoms with E-state index in [1.54, 1.807) is 0 Å². The van der Waals surface area contributed by atoms with Crippen molar-refractivity contribution in [1.82, 2.24) is 19.8 Å². The molecule has 0 atom stereocenters. The van der Waals surface area contributed by atoms with Crippen molar-refractivity contribution >= 4 is 33.8 Å². The number of nitrogens with zero attached hydrogens (tertiary/aromatic N) is 5. The average molecular weight is 403 g/mol. The van der Waals surface area contributed by atoms with Gasteiger partial charge in [0.05, 0.1) is 0 Å². The number of nitrogens with one attached hydrogen (secondary N) is 1. The molecule has 0 saturated heterocycles. The van der Waals surface area contributed by atoms with Gasteiger partial charge in [-0.05, 0) is 36.6 Å². The topological polar surface area (TPSA) is 75.4 Å². The zero-order valence-corrected chi connectivity index (χ0v) is 17.8. The summed E-state index contributed by atoms with van der Waals surface area (Å²) in [6.45, 7) is 9.07. The van der Waals surface area contributed by atoms with E-state index in [9.17, 15) is 4.79 Å². The third-order valence-electron chi connectivity index (χ3n) is 5.24. The van der Waals surface area contributed by atoms with E-state index in [-0.39, 0.29) is 5.91 Å². The summed E-state index contributed by atoms with van der Waals surface area (Å²) >= 11 is 0. The molecule has 0 fully saturated rings. The smallest absolute Gasteiger partial charge is 0.221 e. The van der Waals surface area contributed by atoms with Crippen LogP contribution in [-0.4, -0.2) is 32.3 Å². The van der Waals surface area contributed by atoms with Gasteiger partial charge in [-0.2, -0.15) is 4.52 Å². The molecule has 2 aromatic heterocycles. The summed E-state index contributed by atoms with van der Waals surface area (Å²) in [5, 5.41) is 18.4. The van der Waals surface area contributed by atoms with Crippen LogP contribution < -0.4 is 10.2 Å². The molecule has 0 saturated carbocycles. The van der Waals surface area contributed by atoms with Gasteiger partial charge in [-0.25, -0.2) is 0 Å². The maximum absolute atomic E-state index is 11.4. The molecule has 1 amide bonds.